The van der Waals surface area contributed by atoms with Gasteiger partial charge in [-0.1, -0.05) is 213 Å². The van der Waals surface area contributed by atoms with Crippen molar-refractivity contribution in [2.75, 3.05) is 0 Å². The zero-order valence-corrected chi connectivity index (χ0v) is 36.6. The zero-order valence-electron chi connectivity index (χ0n) is 35.7. The molecular formula is C58H53P. The van der Waals surface area contributed by atoms with Crippen molar-refractivity contribution < 1.29 is 0 Å². The standard InChI is InChI=1S/C58H53P/c1-55(2,3)38-27-31-42(32-28-38)59(43-33-29-39(30-34-43)56(4,5)6)53-37-52-54(46-25-16-15-24-45(46)53)48-36-50-47(44-23-17-18-26-49(44)57(50,7)8)35-51(48)58(52,40-19-11-9-12-20-40)41-21-13-10-14-22-41/h9-37H,1-8H3. The summed E-state index contributed by atoms with van der Waals surface area (Å²) < 4.78 is 0. The number of hydrogen-bond acceptors (Lipinski definition) is 0. The van der Waals surface area contributed by atoms with Crippen molar-refractivity contribution in [1.82, 2.24) is 0 Å². The number of hydrogen-bond donors (Lipinski definition) is 0. The number of fused-ring (bicyclic) bond motifs is 8. The van der Waals surface area contributed by atoms with Gasteiger partial charge < -0.3 is 0 Å². The molecule has 0 nitrogen and oxygen atoms in total. The van der Waals surface area contributed by atoms with E-state index in [1.807, 2.05) is 0 Å². The smallest absolute Gasteiger partial charge is 0.0622 e. The van der Waals surface area contributed by atoms with Crippen LogP contribution in [0, 0.1) is 0 Å². The molecule has 2 aliphatic rings. The third-order valence-corrected chi connectivity index (χ3v) is 15.9. The molecule has 0 aliphatic heterocycles. The lowest BCUT2D eigenvalue weighted by molar-refractivity contribution is 0.590. The molecule has 0 radical (unpaired) electrons. The molecular weight excluding hydrogens is 728 g/mol. The van der Waals surface area contributed by atoms with Crippen molar-refractivity contribution in [3.8, 4) is 22.3 Å². The van der Waals surface area contributed by atoms with Gasteiger partial charge in [0.25, 0.3) is 0 Å². The van der Waals surface area contributed by atoms with Gasteiger partial charge in [-0.25, -0.2) is 0 Å². The molecule has 8 aromatic carbocycles. The predicted molar refractivity (Wildman–Crippen MR) is 255 cm³/mol. The van der Waals surface area contributed by atoms with E-state index >= 15 is 0 Å². The molecule has 0 atom stereocenters. The molecule has 0 unspecified atom stereocenters. The van der Waals surface area contributed by atoms with Crippen LogP contribution in [0.2, 0.25) is 0 Å². The monoisotopic (exact) mass is 780 g/mol. The van der Waals surface area contributed by atoms with Crippen molar-refractivity contribution in [3.05, 3.63) is 220 Å². The van der Waals surface area contributed by atoms with Crippen LogP contribution >= 0.6 is 7.92 Å². The molecule has 0 aromatic heterocycles. The van der Waals surface area contributed by atoms with Crippen LogP contribution in [0.15, 0.2) is 176 Å². The molecule has 0 saturated carbocycles. The lowest BCUT2D eigenvalue weighted by Gasteiger charge is -2.35. The Hall–Kier alpha value is -5.55. The summed E-state index contributed by atoms with van der Waals surface area (Å²) in [5.74, 6) is 0. The highest BCUT2D eigenvalue weighted by molar-refractivity contribution is 7.80. The summed E-state index contributed by atoms with van der Waals surface area (Å²) >= 11 is 0. The molecule has 10 rings (SSSR count). The Morgan fingerprint density at radius 3 is 1.41 bits per heavy atom. The van der Waals surface area contributed by atoms with Gasteiger partial charge in [0.15, 0.2) is 0 Å². The fourth-order valence-corrected chi connectivity index (χ4v) is 12.8. The molecule has 0 bridgehead atoms. The van der Waals surface area contributed by atoms with Gasteiger partial charge in [-0.2, -0.15) is 0 Å². The highest BCUT2D eigenvalue weighted by Crippen LogP contribution is 2.61. The van der Waals surface area contributed by atoms with Gasteiger partial charge in [-0.15, -0.1) is 0 Å². The summed E-state index contributed by atoms with van der Waals surface area (Å²) in [6.45, 7) is 18.7. The maximum absolute atomic E-state index is 2.66. The second-order valence-corrected chi connectivity index (χ2v) is 21.6. The lowest BCUT2D eigenvalue weighted by Crippen LogP contribution is -2.30. The Morgan fingerprint density at radius 2 is 0.864 bits per heavy atom. The largest absolute Gasteiger partial charge is 0.0714 e. The van der Waals surface area contributed by atoms with Crippen LogP contribution in [0.4, 0.5) is 0 Å². The Labute approximate surface area is 352 Å². The van der Waals surface area contributed by atoms with Gasteiger partial charge in [-0.3, -0.25) is 0 Å². The molecule has 0 heterocycles. The Kier molecular flexibility index (Phi) is 8.62. The van der Waals surface area contributed by atoms with E-state index in [0.717, 1.165) is 0 Å². The third-order valence-electron chi connectivity index (χ3n) is 13.5. The summed E-state index contributed by atoms with van der Waals surface area (Å²) in [5, 5.41) is 6.82. The first kappa shape index (κ1) is 37.7. The van der Waals surface area contributed by atoms with Crippen LogP contribution in [-0.4, -0.2) is 0 Å². The summed E-state index contributed by atoms with van der Waals surface area (Å²) in [7, 11) is -0.959. The summed E-state index contributed by atoms with van der Waals surface area (Å²) in [5.41, 5.74) is 15.8. The van der Waals surface area contributed by atoms with Gasteiger partial charge in [0, 0.05) is 5.41 Å². The summed E-state index contributed by atoms with van der Waals surface area (Å²) in [4.78, 5) is 0. The average molecular weight is 781 g/mol. The molecule has 1 heteroatoms. The number of rotatable bonds is 5. The topological polar surface area (TPSA) is 0 Å². The van der Waals surface area contributed by atoms with Crippen LogP contribution in [0.25, 0.3) is 33.0 Å². The van der Waals surface area contributed by atoms with Crippen molar-refractivity contribution in [2.24, 2.45) is 0 Å². The normalized spacial score (nSPS) is 14.9. The van der Waals surface area contributed by atoms with Crippen LogP contribution in [0.1, 0.15) is 99.9 Å². The molecule has 0 N–H and O–H groups in total. The van der Waals surface area contributed by atoms with Crippen molar-refractivity contribution in [3.63, 3.8) is 0 Å². The van der Waals surface area contributed by atoms with Crippen LogP contribution in [0.5, 0.6) is 0 Å². The van der Waals surface area contributed by atoms with Gasteiger partial charge >= 0.3 is 0 Å². The van der Waals surface area contributed by atoms with E-state index in [-0.39, 0.29) is 16.2 Å². The second kappa shape index (κ2) is 13.5. The molecule has 0 saturated heterocycles. The van der Waals surface area contributed by atoms with Crippen molar-refractivity contribution in [1.29, 1.82) is 0 Å². The Balaban J connectivity index is 1.34. The number of benzene rings is 8. The van der Waals surface area contributed by atoms with Gasteiger partial charge in [0.05, 0.1) is 5.41 Å². The second-order valence-electron chi connectivity index (χ2n) is 19.4. The molecule has 2 aliphatic carbocycles. The van der Waals surface area contributed by atoms with E-state index in [0.29, 0.717) is 0 Å². The summed E-state index contributed by atoms with van der Waals surface area (Å²) in [6, 6.07) is 68.1. The van der Waals surface area contributed by atoms with Crippen LogP contribution in [-0.2, 0) is 21.7 Å². The van der Waals surface area contributed by atoms with E-state index < -0.39 is 13.3 Å². The van der Waals surface area contributed by atoms with Gasteiger partial charge in [0.2, 0.25) is 0 Å². The minimum Gasteiger partial charge on any atom is -0.0622 e. The van der Waals surface area contributed by atoms with E-state index in [9.17, 15) is 0 Å². The zero-order chi connectivity index (χ0) is 40.9. The fraction of sp³-hybridized carbons (Fsp3) is 0.207. The van der Waals surface area contributed by atoms with E-state index in [4.69, 9.17) is 0 Å². The van der Waals surface area contributed by atoms with E-state index in [2.05, 4.69) is 231 Å². The Morgan fingerprint density at radius 1 is 0.390 bits per heavy atom. The maximum atomic E-state index is 2.66. The van der Waals surface area contributed by atoms with Crippen LogP contribution in [0.3, 0.4) is 0 Å². The first-order valence-electron chi connectivity index (χ1n) is 21.3. The van der Waals surface area contributed by atoms with Crippen molar-refractivity contribution in [2.45, 2.75) is 77.0 Å². The Bertz CT molecular complexity index is 2790. The molecule has 59 heavy (non-hydrogen) atoms. The quantitative estimate of drug-likeness (QED) is 0.153. The lowest BCUT2D eigenvalue weighted by atomic mass is 9.67. The average Bonchev–Trinajstić information content (AvgIpc) is 3.65. The van der Waals surface area contributed by atoms with E-state index in [1.165, 1.54) is 93.4 Å². The van der Waals surface area contributed by atoms with Gasteiger partial charge in [-0.05, 0) is 130 Å². The van der Waals surface area contributed by atoms with Crippen molar-refractivity contribution >= 4 is 34.6 Å². The molecule has 8 aromatic rings. The first-order valence-corrected chi connectivity index (χ1v) is 22.6. The highest BCUT2D eigenvalue weighted by Gasteiger charge is 2.49. The molecule has 290 valence electrons. The fourth-order valence-electron chi connectivity index (χ4n) is 10.4. The van der Waals surface area contributed by atoms with Gasteiger partial charge in [0.1, 0.15) is 0 Å². The van der Waals surface area contributed by atoms with Crippen LogP contribution < -0.4 is 15.9 Å². The first-order chi connectivity index (χ1) is 28.3. The molecule has 0 fully saturated rings. The minimum absolute atomic E-state index is 0.0714. The third kappa shape index (κ3) is 5.74. The predicted octanol–water partition coefficient (Wildman–Crippen LogP) is 13.9. The molecule has 0 spiro atoms. The van der Waals surface area contributed by atoms with E-state index in [1.54, 1.807) is 0 Å². The molecule has 0 amide bonds. The minimum atomic E-state index is -0.959. The summed E-state index contributed by atoms with van der Waals surface area (Å²) in [6.07, 6.45) is 0. The maximum Gasteiger partial charge on any atom is 0.0714 e. The highest BCUT2D eigenvalue weighted by atomic mass is 31.1. The SMILES string of the molecule is CC(C)(C)c1ccc(P(c2ccc(C(C)(C)C)cc2)c2cc3c(c4ccccc24)-c2cc4c(cc2C3(c2ccccc2)c2ccccc2)-c2ccccc2C4(C)C)cc1.